The molecule has 1 N–H and O–H groups in total. The third kappa shape index (κ3) is 6.34. The first-order chi connectivity index (χ1) is 14.4. The third-order valence-corrected chi connectivity index (χ3v) is 6.78. The van der Waals surface area contributed by atoms with Crippen molar-refractivity contribution >= 4 is 31.5 Å². The fourth-order valence-corrected chi connectivity index (χ4v) is 4.36. The zero-order valence-corrected chi connectivity index (χ0v) is 19.6. The summed E-state index contributed by atoms with van der Waals surface area (Å²) in [7, 11) is -4.31. The van der Waals surface area contributed by atoms with Gasteiger partial charge in [0.05, 0.1) is 37.1 Å². The number of sulfonamides is 1. The maximum atomic E-state index is 12.7. The number of nitrogens with zero attached hydrogens (tertiary/aromatic N) is 1. The molecule has 0 aliphatic carbocycles. The van der Waals surface area contributed by atoms with Gasteiger partial charge < -0.3 is 14.8 Å². The second-order valence-electron chi connectivity index (χ2n) is 6.94. The van der Waals surface area contributed by atoms with Crippen molar-refractivity contribution in [3.63, 3.8) is 0 Å². The van der Waals surface area contributed by atoms with E-state index in [1.165, 1.54) is 32.4 Å². The molecule has 0 saturated heterocycles. The highest BCUT2D eigenvalue weighted by Crippen LogP contribution is 2.33. The molecule has 0 aromatic heterocycles. The molecule has 31 heavy (non-hydrogen) atoms. The van der Waals surface area contributed by atoms with E-state index < -0.39 is 38.4 Å². The molecular formula is C20H26N2O7S2. The van der Waals surface area contributed by atoms with Crippen LogP contribution in [0.4, 0.5) is 5.69 Å². The van der Waals surface area contributed by atoms with E-state index >= 15 is 0 Å². The van der Waals surface area contributed by atoms with E-state index in [0.717, 1.165) is 16.8 Å². The lowest BCUT2D eigenvalue weighted by Gasteiger charge is -2.25. The van der Waals surface area contributed by atoms with Gasteiger partial charge in [-0.1, -0.05) is 12.1 Å². The second-order valence-corrected chi connectivity index (χ2v) is 10.9. The first kappa shape index (κ1) is 24.5. The lowest BCUT2D eigenvalue weighted by molar-refractivity contribution is -0.120. The number of sulfone groups is 1. The number of carbonyl (C=O) groups excluding carboxylic acids is 1. The Morgan fingerprint density at radius 3 is 2.10 bits per heavy atom. The fourth-order valence-electron chi connectivity index (χ4n) is 2.88. The normalized spacial score (nSPS) is 12.7. The Balaban J connectivity index is 2.24. The van der Waals surface area contributed by atoms with Crippen molar-refractivity contribution in [3.8, 4) is 11.5 Å². The number of benzene rings is 2. The largest absolute Gasteiger partial charge is 0.497 e. The highest BCUT2D eigenvalue weighted by Gasteiger charge is 2.25. The van der Waals surface area contributed by atoms with Crippen LogP contribution in [0.1, 0.15) is 18.5 Å². The molecule has 170 valence electrons. The minimum absolute atomic E-state index is 0.170. The van der Waals surface area contributed by atoms with Crippen LogP contribution < -0.4 is 19.1 Å². The molecule has 0 heterocycles. The fraction of sp³-hybridized carbons (Fsp3) is 0.350. The number of carbonyl (C=O) groups is 1. The van der Waals surface area contributed by atoms with Gasteiger partial charge in [0.25, 0.3) is 0 Å². The average Bonchev–Trinajstić information content (AvgIpc) is 2.70. The number of amides is 1. The lowest BCUT2D eigenvalue weighted by atomic mass is 10.1. The van der Waals surface area contributed by atoms with E-state index in [4.69, 9.17) is 9.47 Å². The summed E-state index contributed by atoms with van der Waals surface area (Å²) in [5, 5.41) is 2.73. The van der Waals surface area contributed by atoms with Crippen molar-refractivity contribution in [2.45, 2.75) is 17.9 Å². The van der Waals surface area contributed by atoms with E-state index in [9.17, 15) is 21.6 Å². The maximum Gasteiger partial charge on any atom is 0.241 e. The van der Waals surface area contributed by atoms with Crippen LogP contribution in [0.5, 0.6) is 11.5 Å². The van der Waals surface area contributed by atoms with Crippen LogP contribution in [0.25, 0.3) is 0 Å². The summed E-state index contributed by atoms with van der Waals surface area (Å²) >= 11 is 0. The van der Waals surface area contributed by atoms with Crippen molar-refractivity contribution in [2.24, 2.45) is 0 Å². The molecule has 2 aromatic carbocycles. The quantitative estimate of drug-likeness (QED) is 0.593. The number of hydrogen-bond acceptors (Lipinski definition) is 7. The molecule has 0 unspecified atom stereocenters. The standard InChI is InChI=1S/C20H26N2O7S2/c1-14(15-6-9-17(10-7-15)30(4,24)25)21-20(23)13-22(31(5,26)27)18-12-16(28-2)8-11-19(18)29-3/h6-12,14H,13H2,1-5H3,(H,21,23)/t14-/m0/s1. The van der Waals surface area contributed by atoms with Gasteiger partial charge in [-0.2, -0.15) is 0 Å². The van der Waals surface area contributed by atoms with Gasteiger partial charge in [0, 0.05) is 12.3 Å². The Kier molecular flexibility index (Phi) is 7.55. The van der Waals surface area contributed by atoms with Gasteiger partial charge in [0.15, 0.2) is 9.84 Å². The van der Waals surface area contributed by atoms with Crippen LogP contribution >= 0.6 is 0 Å². The molecule has 9 nitrogen and oxygen atoms in total. The number of hydrogen-bond donors (Lipinski definition) is 1. The molecule has 0 aliphatic rings. The molecule has 0 radical (unpaired) electrons. The van der Waals surface area contributed by atoms with Gasteiger partial charge in [-0.15, -0.1) is 0 Å². The second kappa shape index (κ2) is 9.56. The Morgan fingerprint density at radius 1 is 1.00 bits per heavy atom. The summed E-state index contributed by atoms with van der Waals surface area (Å²) in [4.78, 5) is 12.8. The van der Waals surface area contributed by atoms with Crippen LogP contribution in [0, 0.1) is 0 Å². The van der Waals surface area contributed by atoms with Crippen molar-refractivity contribution < 1.29 is 31.1 Å². The molecule has 0 saturated carbocycles. The molecule has 2 aromatic rings. The van der Waals surface area contributed by atoms with E-state index in [1.54, 1.807) is 31.2 Å². The van der Waals surface area contributed by atoms with E-state index in [2.05, 4.69) is 5.32 Å². The number of ether oxygens (including phenoxy) is 2. The summed E-state index contributed by atoms with van der Waals surface area (Å²) in [6.45, 7) is 1.23. The minimum Gasteiger partial charge on any atom is -0.497 e. The monoisotopic (exact) mass is 470 g/mol. The van der Waals surface area contributed by atoms with Crippen molar-refractivity contribution in [3.05, 3.63) is 48.0 Å². The van der Waals surface area contributed by atoms with Crippen LogP contribution in [-0.2, 0) is 24.7 Å². The van der Waals surface area contributed by atoms with Crippen LogP contribution in [0.2, 0.25) is 0 Å². The lowest BCUT2D eigenvalue weighted by Crippen LogP contribution is -2.41. The Morgan fingerprint density at radius 2 is 1.61 bits per heavy atom. The molecule has 1 atom stereocenters. The van der Waals surface area contributed by atoms with Crippen LogP contribution in [0.3, 0.4) is 0 Å². The van der Waals surface area contributed by atoms with Crippen LogP contribution in [-0.4, -0.2) is 56.0 Å². The summed E-state index contributed by atoms with van der Waals surface area (Å²) in [5.41, 5.74) is 0.843. The van der Waals surface area contributed by atoms with Gasteiger partial charge in [-0.3, -0.25) is 9.10 Å². The van der Waals surface area contributed by atoms with Crippen molar-refractivity contribution in [1.82, 2.24) is 5.32 Å². The smallest absolute Gasteiger partial charge is 0.241 e. The molecule has 2 rings (SSSR count). The molecule has 1 amide bonds. The summed E-state index contributed by atoms with van der Waals surface area (Å²) in [6.07, 6.45) is 2.10. The highest BCUT2D eigenvalue weighted by molar-refractivity contribution is 7.92. The maximum absolute atomic E-state index is 12.7. The number of nitrogens with one attached hydrogen (secondary N) is 1. The first-order valence-corrected chi connectivity index (χ1v) is 12.9. The van der Waals surface area contributed by atoms with Gasteiger partial charge >= 0.3 is 0 Å². The van der Waals surface area contributed by atoms with E-state index in [-0.39, 0.29) is 16.3 Å². The SMILES string of the molecule is COc1ccc(OC)c(N(CC(=O)N[C@@H](C)c2ccc(S(C)(=O)=O)cc2)S(C)(=O)=O)c1. The Hall–Kier alpha value is -2.79. The molecule has 0 aliphatic heterocycles. The molecule has 11 heteroatoms. The third-order valence-electron chi connectivity index (χ3n) is 4.53. The summed E-state index contributed by atoms with van der Waals surface area (Å²) < 4.78 is 59.3. The predicted octanol–water partition coefficient (Wildman–Crippen LogP) is 1.75. The topological polar surface area (TPSA) is 119 Å². The van der Waals surface area contributed by atoms with Gasteiger partial charge in [-0.05, 0) is 36.8 Å². The Labute approximate surface area is 182 Å². The highest BCUT2D eigenvalue weighted by atomic mass is 32.2. The van der Waals surface area contributed by atoms with Crippen molar-refractivity contribution in [2.75, 3.05) is 37.6 Å². The number of rotatable bonds is 9. The molecule has 0 bridgehead atoms. The molecular weight excluding hydrogens is 444 g/mol. The average molecular weight is 471 g/mol. The van der Waals surface area contributed by atoms with E-state index in [1.807, 2.05) is 0 Å². The van der Waals surface area contributed by atoms with Gasteiger partial charge in [-0.25, -0.2) is 16.8 Å². The first-order valence-electron chi connectivity index (χ1n) is 9.16. The minimum atomic E-state index is -3.82. The van der Waals surface area contributed by atoms with Gasteiger partial charge in [0.1, 0.15) is 18.0 Å². The molecule has 0 spiro atoms. The van der Waals surface area contributed by atoms with E-state index in [0.29, 0.717) is 11.3 Å². The number of anilines is 1. The Bertz CT molecular complexity index is 1140. The summed E-state index contributed by atoms with van der Waals surface area (Å²) in [6, 6.07) is 10.3. The van der Waals surface area contributed by atoms with Gasteiger partial charge in [0.2, 0.25) is 15.9 Å². The molecule has 0 fully saturated rings. The van der Waals surface area contributed by atoms with Crippen molar-refractivity contribution in [1.29, 1.82) is 0 Å². The van der Waals surface area contributed by atoms with Crippen LogP contribution in [0.15, 0.2) is 47.4 Å². The number of methoxy groups -OCH3 is 2. The zero-order valence-electron chi connectivity index (χ0n) is 17.9. The predicted molar refractivity (Wildman–Crippen MR) is 118 cm³/mol. The summed E-state index contributed by atoms with van der Waals surface area (Å²) in [5.74, 6) is 0.127. The zero-order chi connectivity index (χ0) is 23.4.